The molecule has 1 N–H and O–H groups in total. The molecule has 0 aromatic heterocycles. The number of hydrogen-bond donors (Lipinski definition) is 1. The molecule has 0 heterocycles. The van der Waals surface area contributed by atoms with E-state index in [9.17, 15) is 9.90 Å². The Labute approximate surface area is 137 Å². The van der Waals surface area contributed by atoms with E-state index in [1.54, 1.807) is 49.6 Å². The fourth-order valence-electron chi connectivity index (χ4n) is 1.87. The van der Waals surface area contributed by atoms with Crippen LogP contribution in [-0.4, -0.2) is 25.1 Å². The number of phenols is 1. The summed E-state index contributed by atoms with van der Waals surface area (Å²) in [6.07, 6.45) is 3.14. The molecule has 4 nitrogen and oxygen atoms in total. The zero-order valence-corrected chi connectivity index (χ0v) is 13.8. The summed E-state index contributed by atoms with van der Waals surface area (Å²) in [5, 5.41) is 9.75. The molecule has 0 saturated heterocycles. The van der Waals surface area contributed by atoms with Crippen molar-refractivity contribution in [3.05, 3.63) is 58.1 Å². The van der Waals surface area contributed by atoms with Crippen LogP contribution in [-0.2, 0) is 0 Å². The Morgan fingerprint density at radius 1 is 1.14 bits per heavy atom. The number of methoxy groups -OCH3 is 2. The maximum Gasteiger partial charge on any atom is 0.185 e. The molecule has 22 heavy (non-hydrogen) atoms. The van der Waals surface area contributed by atoms with Gasteiger partial charge in [0.15, 0.2) is 17.3 Å². The molecule has 114 valence electrons. The molecule has 0 unspecified atom stereocenters. The molecular weight excluding hydrogens is 348 g/mol. The number of aromatic hydroxyl groups is 1. The zero-order chi connectivity index (χ0) is 16.1. The summed E-state index contributed by atoms with van der Waals surface area (Å²) in [7, 11) is 3.05. The number of carbonyl (C=O) groups is 1. The average Bonchev–Trinajstić information content (AvgIpc) is 2.55. The molecule has 0 amide bonds. The maximum atomic E-state index is 12.1. The number of phenolic OH excluding ortho intramolecular Hbond substituents is 1. The lowest BCUT2D eigenvalue weighted by Crippen LogP contribution is -1.94. The molecule has 0 atom stereocenters. The van der Waals surface area contributed by atoms with Gasteiger partial charge in [0.1, 0.15) is 5.75 Å². The second-order valence-electron chi connectivity index (χ2n) is 4.48. The first-order chi connectivity index (χ1) is 10.5. The van der Waals surface area contributed by atoms with Crippen molar-refractivity contribution in [1.29, 1.82) is 0 Å². The highest BCUT2D eigenvalue weighted by Crippen LogP contribution is 2.35. The standard InChI is InChI=1S/C17H15BrO4/c1-21-13-6-4-12(5-7-13)15(19)8-3-11-9-14(18)17(20)16(10-11)22-2/h3-10,20H,1-2H3/b8-3+. The van der Waals surface area contributed by atoms with Gasteiger partial charge in [-0.15, -0.1) is 0 Å². The molecule has 0 aliphatic carbocycles. The number of halogens is 1. The minimum Gasteiger partial charge on any atom is -0.503 e. The minimum atomic E-state index is -0.120. The smallest absolute Gasteiger partial charge is 0.185 e. The molecule has 2 rings (SSSR count). The van der Waals surface area contributed by atoms with Gasteiger partial charge in [-0.25, -0.2) is 0 Å². The summed E-state index contributed by atoms with van der Waals surface area (Å²) in [4.78, 5) is 12.1. The van der Waals surface area contributed by atoms with Crippen molar-refractivity contribution in [1.82, 2.24) is 0 Å². The first-order valence-electron chi connectivity index (χ1n) is 6.48. The molecule has 0 aliphatic rings. The predicted molar refractivity (Wildman–Crippen MR) is 88.7 cm³/mol. The molecule has 2 aromatic carbocycles. The zero-order valence-electron chi connectivity index (χ0n) is 12.2. The third-order valence-corrected chi connectivity index (χ3v) is 3.68. The van der Waals surface area contributed by atoms with Gasteiger partial charge < -0.3 is 14.6 Å². The normalized spacial score (nSPS) is 10.7. The first-order valence-corrected chi connectivity index (χ1v) is 7.27. The van der Waals surface area contributed by atoms with E-state index < -0.39 is 0 Å². The molecule has 2 aromatic rings. The van der Waals surface area contributed by atoms with E-state index in [1.165, 1.54) is 13.2 Å². The SMILES string of the molecule is COc1ccc(C(=O)/C=C/c2cc(Br)c(O)c(OC)c2)cc1. The number of ketones is 1. The Balaban J connectivity index is 2.20. The van der Waals surface area contributed by atoms with E-state index in [0.29, 0.717) is 21.5 Å². The Morgan fingerprint density at radius 3 is 2.41 bits per heavy atom. The van der Waals surface area contributed by atoms with Crippen LogP contribution in [0.5, 0.6) is 17.2 Å². The van der Waals surface area contributed by atoms with Crippen LogP contribution >= 0.6 is 15.9 Å². The van der Waals surface area contributed by atoms with Crippen LogP contribution in [0.3, 0.4) is 0 Å². The van der Waals surface area contributed by atoms with Gasteiger partial charge in [0.05, 0.1) is 18.7 Å². The van der Waals surface area contributed by atoms with E-state index in [0.717, 1.165) is 5.56 Å². The summed E-state index contributed by atoms with van der Waals surface area (Å²) < 4.78 is 10.6. The van der Waals surface area contributed by atoms with E-state index in [-0.39, 0.29) is 11.5 Å². The Bertz CT molecular complexity index is 705. The van der Waals surface area contributed by atoms with Gasteiger partial charge in [0.25, 0.3) is 0 Å². The molecule has 0 spiro atoms. The van der Waals surface area contributed by atoms with Crippen LogP contribution in [0.15, 0.2) is 46.9 Å². The Morgan fingerprint density at radius 2 is 1.82 bits per heavy atom. The van der Waals surface area contributed by atoms with Gasteiger partial charge in [-0.2, -0.15) is 0 Å². The van der Waals surface area contributed by atoms with E-state index in [2.05, 4.69) is 15.9 Å². The monoisotopic (exact) mass is 362 g/mol. The molecular formula is C17H15BrO4. The summed E-state index contributed by atoms with van der Waals surface area (Å²) in [5.41, 5.74) is 1.31. The van der Waals surface area contributed by atoms with Crippen molar-refractivity contribution >= 4 is 27.8 Å². The van der Waals surface area contributed by atoms with Crippen molar-refractivity contribution in [2.75, 3.05) is 14.2 Å². The van der Waals surface area contributed by atoms with Crippen molar-refractivity contribution in [3.63, 3.8) is 0 Å². The Kier molecular flexibility index (Phi) is 5.22. The topological polar surface area (TPSA) is 55.8 Å². The van der Waals surface area contributed by atoms with Gasteiger partial charge >= 0.3 is 0 Å². The molecule has 0 bridgehead atoms. The number of carbonyl (C=O) groups excluding carboxylic acids is 1. The highest BCUT2D eigenvalue weighted by molar-refractivity contribution is 9.10. The van der Waals surface area contributed by atoms with E-state index in [4.69, 9.17) is 9.47 Å². The highest BCUT2D eigenvalue weighted by atomic mass is 79.9. The average molecular weight is 363 g/mol. The van der Waals surface area contributed by atoms with Crippen LogP contribution in [0, 0.1) is 0 Å². The lowest BCUT2D eigenvalue weighted by atomic mass is 10.1. The summed E-state index contributed by atoms with van der Waals surface area (Å²) in [5.74, 6) is 0.950. The minimum absolute atomic E-state index is 0.0288. The largest absolute Gasteiger partial charge is 0.503 e. The second-order valence-corrected chi connectivity index (χ2v) is 5.33. The van der Waals surface area contributed by atoms with Gasteiger partial charge in [0.2, 0.25) is 0 Å². The van der Waals surface area contributed by atoms with Crippen LogP contribution < -0.4 is 9.47 Å². The van der Waals surface area contributed by atoms with E-state index >= 15 is 0 Å². The number of benzene rings is 2. The third-order valence-electron chi connectivity index (χ3n) is 3.07. The lowest BCUT2D eigenvalue weighted by molar-refractivity contribution is 0.104. The third kappa shape index (κ3) is 3.68. The van der Waals surface area contributed by atoms with Crippen LogP contribution in [0.25, 0.3) is 6.08 Å². The number of rotatable bonds is 5. The predicted octanol–water partition coefficient (Wildman–Crippen LogP) is 4.07. The van der Waals surface area contributed by atoms with Crippen LogP contribution in [0.4, 0.5) is 0 Å². The number of ether oxygens (including phenoxy) is 2. The summed E-state index contributed by atoms with van der Waals surface area (Å²) in [6.45, 7) is 0. The van der Waals surface area contributed by atoms with Gasteiger partial charge in [-0.1, -0.05) is 6.08 Å². The molecule has 0 fully saturated rings. The summed E-state index contributed by atoms with van der Waals surface area (Å²) >= 11 is 3.24. The van der Waals surface area contributed by atoms with Crippen molar-refractivity contribution in [3.8, 4) is 17.2 Å². The molecule has 0 radical (unpaired) electrons. The highest BCUT2D eigenvalue weighted by Gasteiger charge is 2.08. The second kappa shape index (κ2) is 7.13. The molecule has 0 saturated carbocycles. The van der Waals surface area contributed by atoms with Gasteiger partial charge in [0, 0.05) is 5.56 Å². The van der Waals surface area contributed by atoms with Gasteiger partial charge in [-0.3, -0.25) is 4.79 Å². The number of allylic oxidation sites excluding steroid dienone is 1. The fraction of sp³-hybridized carbons (Fsp3) is 0.118. The maximum absolute atomic E-state index is 12.1. The summed E-state index contributed by atoms with van der Waals surface area (Å²) in [6, 6.07) is 10.2. The van der Waals surface area contributed by atoms with Crippen LogP contribution in [0.1, 0.15) is 15.9 Å². The Hall–Kier alpha value is -2.27. The fourth-order valence-corrected chi connectivity index (χ4v) is 2.33. The van der Waals surface area contributed by atoms with Crippen molar-refractivity contribution in [2.45, 2.75) is 0 Å². The van der Waals surface area contributed by atoms with Gasteiger partial charge in [-0.05, 0) is 64.0 Å². The van der Waals surface area contributed by atoms with E-state index in [1.807, 2.05) is 0 Å². The molecule has 0 aliphatic heterocycles. The molecule has 5 heteroatoms. The number of hydrogen-bond acceptors (Lipinski definition) is 4. The lowest BCUT2D eigenvalue weighted by Gasteiger charge is -2.06. The first kappa shape index (κ1) is 16.1. The van der Waals surface area contributed by atoms with Crippen molar-refractivity contribution in [2.24, 2.45) is 0 Å². The quantitative estimate of drug-likeness (QED) is 0.643. The van der Waals surface area contributed by atoms with Crippen molar-refractivity contribution < 1.29 is 19.4 Å². The van der Waals surface area contributed by atoms with Crippen LogP contribution in [0.2, 0.25) is 0 Å².